The molecule has 1 unspecified atom stereocenters. The van der Waals surface area contributed by atoms with Crippen LogP contribution in [0.4, 0.5) is 0 Å². The highest BCUT2D eigenvalue weighted by molar-refractivity contribution is 6.13. The number of para-hydroxylation sites is 3. The predicted octanol–water partition coefficient (Wildman–Crippen LogP) is 14.6. The minimum atomic E-state index is -0.479. The third kappa shape index (κ3) is 5.00. The Labute approximate surface area is 359 Å². The summed E-state index contributed by atoms with van der Waals surface area (Å²) in [4.78, 5) is 10.5. The number of benzene rings is 9. The Morgan fingerprint density at radius 1 is 0.323 bits per heavy atom. The first kappa shape index (κ1) is 34.7. The Hall–Kier alpha value is -8.14. The lowest BCUT2D eigenvalue weighted by atomic mass is 9.65. The van der Waals surface area contributed by atoms with E-state index in [-0.39, 0.29) is 0 Å². The molecule has 0 saturated carbocycles. The number of hydrogen-bond donors (Lipinski definition) is 0. The molecule has 3 heteroatoms. The van der Waals surface area contributed by atoms with E-state index in [1.165, 1.54) is 66.4 Å². The third-order valence-corrected chi connectivity index (χ3v) is 13.2. The van der Waals surface area contributed by atoms with Crippen LogP contribution in [0.2, 0.25) is 0 Å². The van der Waals surface area contributed by atoms with Crippen molar-refractivity contribution >= 4 is 21.8 Å². The van der Waals surface area contributed by atoms with Gasteiger partial charge in [-0.2, -0.15) is 0 Å². The number of hydrogen-bond acceptors (Lipinski definition) is 2. The zero-order valence-corrected chi connectivity index (χ0v) is 33.7. The van der Waals surface area contributed by atoms with Crippen LogP contribution in [0.3, 0.4) is 0 Å². The topological polar surface area (TPSA) is 30.7 Å². The van der Waals surface area contributed by atoms with Gasteiger partial charge in [-0.3, -0.25) is 0 Å². The van der Waals surface area contributed by atoms with E-state index in [0.29, 0.717) is 5.82 Å². The molecule has 288 valence electrons. The summed E-state index contributed by atoms with van der Waals surface area (Å²) in [5.74, 6) is 0.695. The minimum absolute atomic E-state index is 0.479. The van der Waals surface area contributed by atoms with Crippen molar-refractivity contribution < 1.29 is 0 Å². The first-order valence-electron chi connectivity index (χ1n) is 21.3. The monoisotopic (exact) mass is 787 g/mol. The van der Waals surface area contributed by atoms with Crippen LogP contribution in [0, 0.1) is 0 Å². The molecule has 13 rings (SSSR count). The Balaban J connectivity index is 0.976. The minimum Gasteiger partial charge on any atom is -0.309 e. The van der Waals surface area contributed by atoms with E-state index in [0.717, 1.165) is 44.8 Å². The van der Waals surface area contributed by atoms with Gasteiger partial charge in [-0.05, 0) is 92.0 Å². The normalized spacial score (nSPS) is 14.5. The Morgan fingerprint density at radius 2 is 0.871 bits per heavy atom. The van der Waals surface area contributed by atoms with E-state index >= 15 is 0 Å². The summed E-state index contributed by atoms with van der Waals surface area (Å²) in [5, 5.41) is 2.57. The smallest absolute Gasteiger partial charge is 0.160 e. The van der Waals surface area contributed by atoms with E-state index in [9.17, 15) is 0 Å². The molecule has 0 radical (unpaired) electrons. The van der Waals surface area contributed by atoms with Gasteiger partial charge in [0, 0.05) is 27.5 Å². The average Bonchev–Trinajstić information content (AvgIpc) is 3.85. The molecule has 1 atom stereocenters. The van der Waals surface area contributed by atoms with Gasteiger partial charge in [0.05, 0.1) is 33.5 Å². The summed E-state index contributed by atoms with van der Waals surface area (Å²) in [6, 6.07) is 81.4. The second kappa shape index (κ2) is 13.4. The van der Waals surface area contributed by atoms with Gasteiger partial charge >= 0.3 is 0 Å². The van der Waals surface area contributed by atoms with Crippen LogP contribution in [0.15, 0.2) is 224 Å². The van der Waals surface area contributed by atoms with Crippen LogP contribution in [0.5, 0.6) is 0 Å². The summed E-state index contributed by atoms with van der Waals surface area (Å²) in [6.07, 6.45) is 0. The van der Waals surface area contributed by atoms with Gasteiger partial charge in [-0.15, -0.1) is 0 Å². The van der Waals surface area contributed by atoms with Crippen molar-refractivity contribution in [3.05, 3.63) is 247 Å². The highest BCUT2D eigenvalue weighted by atomic mass is 15.0. The van der Waals surface area contributed by atoms with Crippen molar-refractivity contribution in [2.24, 2.45) is 0 Å². The Bertz CT molecular complexity index is 3580. The molecule has 0 fully saturated rings. The van der Waals surface area contributed by atoms with Crippen molar-refractivity contribution in [1.82, 2.24) is 14.5 Å². The number of aromatic nitrogens is 3. The molecule has 1 aliphatic heterocycles. The van der Waals surface area contributed by atoms with Crippen LogP contribution < -0.4 is 0 Å². The molecule has 2 aliphatic rings. The average molecular weight is 788 g/mol. The summed E-state index contributed by atoms with van der Waals surface area (Å²) in [6.45, 7) is 0. The maximum atomic E-state index is 5.27. The SMILES string of the molecule is c1ccc(-c2cccc(-c3cc(-c4ccccc4)nc(-c4cccc(-c5ccc6c(c5)-c5ccccc5C65c6ccccc6-n6c7ccccc7c7cccc5c76)c4)n3)c2)cc1. The van der Waals surface area contributed by atoms with E-state index in [1.54, 1.807) is 0 Å². The van der Waals surface area contributed by atoms with E-state index in [2.05, 4.69) is 223 Å². The van der Waals surface area contributed by atoms with Gasteiger partial charge in [0.25, 0.3) is 0 Å². The first-order valence-corrected chi connectivity index (χ1v) is 21.3. The quantitative estimate of drug-likeness (QED) is 0.174. The molecule has 1 spiro atoms. The highest BCUT2D eigenvalue weighted by Crippen LogP contribution is 2.61. The molecule has 11 aromatic rings. The Morgan fingerprint density at radius 3 is 1.71 bits per heavy atom. The molecule has 3 nitrogen and oxygen atoms in total. The fourth-order valence-electron chi connectivity index (χ4n) is 10.6. The fourth-order valence-corrected chi connectivity index (χ4v) is 10.6. The lowest BCUT2D eigenvalue weighted by molar-refractivity contribution is 0.748. The van der Waals surface area contributed by atoms with E-state index in [1.807, 2.05) is 6.07 Å². The summed E-state index contributed by atoms with van der Waals surface area (Å²) in [5.41, 5.74) is 20.6. The zero-order chi connectivity index (χ0) is 40.8. The van der Waals surface area contributed by atoms with Crippen molar-refractivity contribution in [3.63, 3.8) is 0 Å². The molecule has 0 bridgehead atoms. The van der Waals surface area contributed by atoms with Crippen LogP contribution in [0.25, 0.3) is 94.8 Å². The zero-order valence-electron chi connectivity index (χ0n) is 33.7. The molecule has 0 N–H and O–H groups in total. The van der Waals surface area contributed by atoms with Gasteiger partial charge < -0.3 is 4.57 Å². The molecular formula is C59H37N3. The number of rotatable bonds is 5. The number of nitrogens with zero attached hydrogens (tertiary/aromatic N) is 3. The second-order valence-corrected chi connectivity index (χ2v) is 16.5. The highest BCUT2D eigenvalue weighted by Gasteiger charge is 2.50. The molecule has 3 heterocycles. The van der Waals surface area contributed by atoms with Crippen LogP contribution in [0.1, 0.15) is 22.3 Å². The van der Waals surface area contributed by atoms with Gasteiger partial charge in [0.1, 0.15) is 0 Å². The molecule has 1 aliphatic carbocycles. The molecular weight excluding hydrogens is 751 g/mol. The van der Waals surface area contributed by atoms with E-state index in [4.69, 9.17) is 9.97 Å². The summed E-state index contributed by atoms with van der Waals surface area (Å²) in [7, 11) is 0. The molecule has 2 aromatic heterocycles. The molecule has 62 heavy (non-hydrogen) atoms. The second-order valence-electron chi connectivity index (χ2n) is 16.5. The summed E-state index contributed by atoms with van der Waals surface area (Å²) < 4.78 is 2.50. The molecule has 0 amide bonds. The standard InChI is InChI=1S/C59H37N3/c1-3-16-38(17-4-1)40-20-13-22-43(34-40)54-37-53(39-18-5-2-6-19-39)60-58(61-54)44-23-14-21-41(35-44)42-32-33-50-48(36-42)45-24-7-9-27-49(45)59(50)51-28-10-12-31-56(51)62-55-30-11-8-25-46(55)47-26-15-29-52(59)57(47)62/h1-37H. The maximum absolute atomic E-state index is 5.27. The maximum Gasteiger partial charge on any atom is 0.160 e. The van der Waals surface area contributed by atoms with Crippen molar-refractivity contribution in [3.8, 4) is 73.0 Å². The van der Waals surface area contributed by atoms with Crippen molar-refractivity contribution in [2.45, 2.75) is 5.41 Å². The predicted molar refractivity (Wildman–Crippen MR) is 254 cm³/mol. The third-order valence-electron chi connectivity index (χ3n) is 13.2. The largest absolute Gasteiger partial charge is 0.309 e. The van der Waals surface area contributed by atoms with Gasteiger partial charge in [-0.1, -0.05) is 188 Å². The van der Waals surface area contributed by atoms with Gasteiger partial charge in [-0.25, -0.2) is 9.97 Å². The van der Waals surface area contributed by atoms with Crippen LogP contribution in [-0.4, -0.2) is 14.5 Å². The first-order chi connectivity index (χ1) is 30.7. The molecule has 9 aromatic carbocycles. The van der Waals surface area contributed by atoms with Crippen LogP contribution in [-0.2, 0) is 5.41 Å². The summed E-state index contributed by atoms with van der Waals surface area (Å²) >= 11 is 0. The fraction of sp³-hybridized carbons (Fsp3) is 0.0169. The lowest BCUT2D eigenvalue weighted by Crippen LogP contribution is -2.33. The van der Waals surface area contributed by atoms with Crippen LogP contribution >= 0.6 is 0 Å². The lowest BCUT2D eigenvalue weighted by Gasteiger charge is -2.39. The van der Waals surface area contributed by atoms with Crippen molar-refractivity contribution in [2.75, 3.05) is 0 Å². The Kier molecular flexibility index (Phi) is 7.52. The number of fused-ring (bicyclic) bond motifs is 12. The molecule has 0 saturated heterocycles. The van der Waals surface area contributed by atoms with Gasteiger partial charge in [0.15, 0.2) is 5.82 Å². The van der Waals surface area contributed by atoms with Gasteiger partial charge in [0.2, 0.25) is 0 Å². The van der Waals surface area contributed by atoms with Crippen molar-refractivity contribution in [1.29, 1.82) is 0 Å². The van der Waals surface area contributed by atoms with E-state index < -0.39 is 5.41 Å².